The van der Waals surface area contributed by atoms with Crippen molar-refractivity contribution in [2.45, 2.75) is 96.2 Å². The van der Waals surface area contributed by atoms with Crippen LogP contribution in [0.25, 0.3) is 0 Å². The molecule has 28 heavy (non-hydrogen) atoms. The molecule has 156 valence electrons. The summed E-state index contributed by atoms with van der Waals surface area (Å²) in [4.78, 5) is 0. The molecule has 0 amide bonds. The van der Waals surface area contributed by atoms with E-state index in [0.29, 0.717) is 6.42 Å². The molecule has 1 aliphatic heterocycles. The lowest BCUT2D eigenvalue weighted by molar-refractivity contribution is -0.129. The van der Waals surface area contributed by atoms with Gasteiger partial charge in [-0.3, -0.25) is 0 Å². The number of hydrogen-bond donors (Lipinski definition) is 2. The van der Waals surface area contributed by atoms with Gasteiger partial charge in [-0.25, -0.2) is 0 Å². The maximum absolute atomic E-state index is 11.7. The highest BCUT2D eigenvalue weighted by atomic mass is 16.5. The molecule has 0 saturated heterocycles. The fraction of sp³-hybridized carbons (Fsp3) is 0.680. The van der Waals surface area contributed by atoms with Crippen molar-refractivity contribution in [3.05, 3.63) is 41.0 Å². The second-order valence-electron chi connectivity index (χ2n) is 10.0. The zero-order chi connectivity index (χ0) is 20.6. The average molecular weight is 387 g/mol. The Kier molecular flexibility index (Phi) is 5.99. The number of aliphatic hydroxyl groups is 2. The second-order valence-corrected chi connectivity index (χ2v) is 10.0. The number of allylic oxidation sites excluding steroid dienone is 1. The predicted octanol–water partition coefficient (Wildman–Crippen LogP) is 5.62. The smallest absolute Gasteiger partial charge is 0.126 e. The van der Waals surface area contributed by atoms with Crippen molar-refractivity contribution in [1.29, 1.82) is 0 Å². The van der Waals surface area contributed by atoms with Gasteiger partial charge in [0, 0.05) is 17.9 Å². The fourth-order valence-corrected chi connectivity index (χ4v) is 5.16. The first-order valence-electron chi connectivity index (χ1n) is 11.0. The minimum absolute atomic E-state index is 0.00846. The zero-order valence-corrected chi connectivity index (χ0v) is 18.3. The number of aliphatic hydroxyl groups excluding tert-OH is 1. The summed E-state index contributed by atoms with van der Waals surface area (Å²) in [7, 11) is 0. The van der Waals surface area contributed by atoms with Gasteiger partial charge in [-0.05, 0) is 49.3 Å². The van der Waals surface area contributed by atoms with E-state index in [2.05, 4.69) is 58.9 Å². The van der Waals surface area contributed by atoms with Crippen molar-refractivity contribution < 1.29 is 14.9 Å². The van der Waals surface area contributed by atoms with Crippen LogP contribution in [0.4, 0.5) is 0 Å². The first-order chi connectivity index (χ1) is 13.1. The third-order valence-corrected chi connectivity index (χ3v) is 7.02. The summed E-state index contributed by atoms with van der Waals surface area (Å²) in [6.07, 6.45) is 9.51. The van der Waals surface area contributed by atoms with Crippen molar-refractivity contribution in [3.8, 4) is 5.75 Å². The highest BCUT2D eigenvalue weighted by molar-refractivity contribution is 5.48. The Labute approximate surface area is 170 Å². The van der Waals surface area contributed by atoms with Crippen LogP contribution in [0.1, 0.15) is 90.7 Å². The van der Waals surface area contributed by atoms with E-state index < -0.39 is 11.2 Å². The van der Waals surface area contributed by atoms with Gasteiger partial charge in [-0.2, -0.15) is 0 Å². The van der Waals surface area contributed by atoms with Crippen molar-refractivity contribution >= 4 is 0 Å². The molecule has 3 nitrogen and oxygen atoms in total. The van der Waals surface area contributed by atoms with E-state index in [0.717, 1.165) is 29.7 Å². The Morgan fingerprint density at radius 2 is 1.93 bits per heavy atom. The highest BCUT2D eigenvalue weighted by Gasteiger charge is 2.54. The molecular formula is C25H38O3. The molecule has 1 aromatic carbocycles. The average Bonchev–Trinajstić information content (AvgIpc) is 2.63. The molecule has 1 aliphatic carbocycles. The van der Waals surface area contributed by atoms with Gasteiger partial charge in [-0.15, -0.1) is 0 Å². The van der Waals surface area contributed by atoms with Crippen LogP contribution in [0.15, 0.2) is 29.8 Å². The van der Waals surface area contributed by atoms with Gasteiger partial charge < -0.3 is 14.9 Å². The number of benzene rings is 1. The largest absolute Gasteiger partial charge is 0.487 e. The number of fused-ring (bicyclic) bond motifs is 3. The van der Waals surface area contributed by atoms with Crippen LogP contribution in [0.5, 0.6) is 5.75 Å². The van der Waals surface area contributed by atoms with E-state index in [4.69, 9.17) is 4.74 Å². The monoisotopic (exact) mass is 386 g/mol. The third-order valence-electron chi connectivity index (χ3n) is 7.02. The van der Waals surface area contributed by atoms with E-state index in [1.54, 1.807) is 0 Å². The van der Waals surface area contributed by atoms with Crippen LogP contribution in [0, 0.1) is 5.92 Å². The van der Waals surface area contributed by atoms with Crippen LogP contribution in [-0.2, 0) is 11.0 Å². The Morgan fingerprint density at radius 3 is 2.61 bits per heavy atom. The highest BCUT2D eigenvalue weighted by Crippen LogP contribution is 2.54. The van der Waals surface area contributed by atoms with E-state index >= 15 is 0 Å². The predicted molar refractivity (Wildman–Crippen MR) is 115 cm³/mol. The summed E-state index contributed by atoms with van der Waals surface area (Å²) in [5, 5.41) is 21.4. The summed E-state index contributed by atoms with van der Waals surface area (Å²) < 4.78 is 6.45. The van der Waals surface area contributed by atoms with Gasteiger partial charge in [0.1, 0.15) is 17.0 Å². The molecule has 0 unspecified atom stereocenters. The molecule has 3 rings (SSSR count). The molecule has 2 atom stereocenters. The summed E-state index contributed by atoms with van der Waals surface area (Å²) in [5.41, 5.74) is 1.72. The van der Waals surface area contributed by atoms with Crippen LogP contribution in [0.2, 0.25) is 0 Å². The summed E-state index contributed by atoms with van der Waals surface area (Å²) in [6.45, 7) is 11.0. The topological polar surface area (TPSA) is 49.7 Å². The van der Waals surface area contributed by atoms with E-state index in [1.807, 2.05) is 0 Å². The first kappa shape index (κ1) is 21.4. The van der Waals surface area contributed by atoms with Crippen molar-refractivity contribution in [3.63, 3.8) is 0 Å². The number of ether oxygens (including phenoxy) is 1. The lowest BCUT2D eigenvalue weighted by Crippen LogP contribution is -2.55. The zero-order valence-electron chi connectivity index (χ0n) is 18.3. The van der Waals surface area contributed by atoms with Gasteiger partial charge in [0.25, 0.3) is 0 Å². The minimum atomic E-state index is -0.978. The molecule has 0 fully saturated rings. The lowest BCUT2D eigenvalue weighted by atomic mass is 9.63. The van der Waals surface area contributed by atoms with Gasteiger partial charge in [-0.1, -0.05) is 64.7 Å². The maximum atomic E-state index is 11.7. The lowest BCUT2D eigenvalue weighted by Gasteiger charge is -2.52. The molecule has 0 radical (unpaired) electrons. The van der Waals surface area contributed by atoms with E-state index in [-0.39, 0.29) is 17.9 Å². The van der Waals surface area contributed by atoms with Crippen molar-refractivity contribution in [2.75, 3.05) is 6.61 Å². The molecule has 2 N–H and O–H groups in total. The van der Waals surface area contributed by atoms with Gasteiger partial charge in [0.2, 0.25) is 0 Å². The van der Waals surface area contributed by atoms with Gasteiger partial charge >= 0.3 is 0 Å². The number of rotatable bonds is 7. The van der Waals surface area contributed by atoms with Crippen LogP contribution in [0.3, 0.4) is 0 Å². The van der Waals surface area contributed by atoms with Crippen molar-refractivity contribution in [1.82, 2.24) is 0 Å². The van der Waals surface area contributed by atoms with E-state index in [1.165, 1.54) is 31.2 Å². The molecule has 0 saturated carbocycles. The summed E-state index contributed by atoms with van der Waals surface area (Å²) in [6, 6.07) is 6.40. The Balaban J connectivity index is 1.93. The van der Waals surface area contributed by atoms with Gasteiger partial charge in [0.15, 0.2) is 0 Å². The SMILES string of the molecule is CCCCCCC(C)(C)c1ccc2c(c1)OC(C)(C)[C@@H]1CC=C(CO)C[C@]21O. The second kappa shape index (κ2) is 7.84. The Hall–Kier alpha value is -1.32. The molecule has 2 aliphatic rings. The third kappa shape index (κ3) is 3.89. The molecule has 0 aromatic heterocycles. The van der Waals surface area contributed by atoms with Gasteiger partial charge in [0.05, 0.1) is 6.61 Å². The number of hydrogen-bond acceptors (Lipinski definition) is 3. The number of unbranched alkanes of at least 4 members (excludes halogenated alkanes) is 3. The molecule has 1 aromatic rings. The Bertz CT molecular complexity index is 731. The normalized spacial score (nSPS) is 26.1. The summed E-state index contributed by atoms with van der Waals surface area (Å²) >= 11 is 0. The molecule has 0 bridgehead atoms. The maximum Gasteiger partial charge on any atom is 0.126 e. The first-order valence-corrected chi connectivity index (χ1v) is 11.0. The van der Waals surface area contributed by atoms with Crippen molar-refractivity contribution in [2.24, 2.45) is 5.92 Å². The van der Waals surface area contributed by atoms with Crippen LogP contribution in [-0.4, -0.2) is 22.4 Å². The fourth-order valence-electron chi connectivity index (χ4n) is 5.16. The Morgan fingerprint density at radius 1 is 1.18 bits per heavy atom. The minimum Gasteiger partial charge on any atom is -0.487 e. The molecule has 0 spiro atoms. The standard InChI is InChI=1S/C25H38O3/c1-6-7-8-9-14-23(2,3)19-11-12-20-21(15-19)28-24(4,5)22-13-10-18(17-26)16-25(20,22)27/h10-12,15,22,26-27H,6-9,13-14,16-17H2,1-5H3/t22-,25-/m0/s1. The summed E-state index contributed by atoms with van der Waals surface area (Å²) in [5.74, 6) is 0.790. The molecular weight excluding hydrogens is 348 g/mol. The van der Waals surface area contributed by atoms with E-state index in [9.17, 15) is 10.2 Å². The molecule has 1 heterocycles. The van der Waals surface area contributed by atoms with Crippen LogP contribution < -0.4 is 4.74 Å². The quantitative estimate of drug-likeness (QED) is 0.472. The molecule has 3 heteroatoms. The van der Waals surface area contributed by atoms with Crippen LogP contribution >= 0.6 is 0 Å².